The van der Waals surface area contributed by atoms with Crippen molar-refractivity contribution < 1.29 is 4.79 Å². The first-order valence-corrected chi connectivity index (χ1v) is 4.99. The van der Waals surface area contributed by atoms with Crippen LogP contribution in [0.25, 0.3) is 0 Å². The highest BCUT2D eigenvalue weighted by atomic mass is 16.2. The number of aryl methyl sites for hydroxylation is 1. The van der Waals surface area contributed by atoms with E-state index in [0.29, 0.717) is 6.42 Å². The molecule has 1 aliphatic heterocycles. The largest absolute Gasteiger partial charge is 0.347 e. The van der Waals surface area contributed by atoms with Crippen molar-refractivity contribution in [1.82, 2.24) is 5.32 Å². The summed E-state index contributed by atoms with van der Waals surface area (Å²) in [4.78, 5) is 11.2. The summed E-state index contributed by atoms with van der Waals surface area (Å²) < 4.78 is 0. The van der Waals surface area contributed by atoms with E-state index in [1.54, 1.807) is 0 Å². The second kappa shape index (κ2) is 3.12. The van der Waals surface area contributed by atoms with Gasteiger partial charge in [-0.25, -0.2) is 0 Å². The van der Waals surface area contributed by atoms with Crippen LogP contribution >= 0.6 is 0 Å². The minimum absolute atomic E-state index is 0.150. The summed E-state index contributed by atoms with van der Waals surface area (Å²) in [5.74, 6) is 0.163. The summed E-state index contributed by atoms with van der Waals surface area (Å²) in [5, 5.41) is 3.05. The van der Waals surface area contributed by atoms with Crippen LogP contribution < -0.4 is 5.32 Å². The van der Waals surface area contributed by atoms with Gasteiger partial charge in [-0.1, -0.05) is 24.3 Å². The maximum absolute atomic E-state index is 11.2. The summed E-state index contributed by atoms with van der Waals surface area (Å²) in [5.41, 5.74) is 2.34. The zero-order chi connectivity index (χ0) is 10.2. The van der Waals surface area contributed by atoms with Gasteiger partial charge in [0.25, 0.3) is 0 Å². The molecule has 0 spiro atoms. The van der Waals surface area contributed by atoms with E-state index in [9.17, 15) is 4.79 Å². The molecule has 2 nitrogen and oxygen atoms in total. The fourth-order valence-corrected chi connectivity index (χ4v) is 2.19. The Labute approximate surface area is 84.3 Å². The lowest BCUT2D eigenvalue weighted by Crippen LogP contribution is -2.36. The van der Waals surface area contributed by atoms with Crippen LogP contribution in [0, 0.1) is 6.92 Å². The van der Waals surface area contributed by atoms with E-state index in [-0.39, 0.29) is 11.4 Å². The van der Waals surface area contributed by atoms with Gasteiger partial charge in [0.15, 0.2) is 0 Å². The van der Waals surface area contributed by atoms with Crippen molar-refractivity contribution in [1.29, 1.82) is 0 Å². The minimum atomic E-state index is -0.150. The van der Waals surface area contributed by atoms with Crippen LogP contribution in [0.4, 0.5) is 0 Å². The molecular weight excluding hydrogens is 174 g/mol. The number of hydrogen-bond donors (Lipinski definition) is 1. The van der Waals surface area contributed by atoms with Crippen LogP contribution in [0.1, 0.15) is 30.9 Å². The summed E-state index contributed by atoms with van der Waals surface area (Å²) >= 11 is 0. The molecule has 14 heavy (non-hydrogen) atoms. The molecule has 2 rings (SSSR count). The Morgan fingerprint density at radius 1 is 1.36 bits per heavy atom. The molecule has 74 valence electrons. The summed E-state index contributed by atoms with van der Waals surface area (Å²) in [6, 6.07) is 8.24. The van der Waals surface area contributed by atoms with Crippen LogP contribution in [0.2, 0.25) is 0 Å². The molecule has 0 radical (unpaired) electrons. The van der Waals surface area contributed by atoms with E-state index < -0.39 is 0 Å². The number of carbonyl (C=O) groups is 1. The van der Waals surface area contributed by atoms with E-state index in [2.05, 4.69) is 31.3 Å². The number of hydrogen-bond acceptors (Lipinski definition) is 1. The van der Waals surface area contributed by atoms with E-state index in [0.717, 1.165) is 6.42 Å². The maximum atomic E-state index is 11.2. The second-order valence-corrected chi connectivity index (χ2v) is 4.20. The van der Waals surface area contributed by atoms with Crippen molar-refractivity contribution in [2.75, 3.05) is 0 Å². The highest BCUT2D eigenvalue weighted by Gasteiger charge is 2.35. The average Bonchev–Trinajstić information content (AvgIpc) is 2.48. The smallest absolute Gasteiger partial charge is 0.220 e. The van der Waals surface area contributed by atoms with Gasteiger partial charge in [-0.15, -0.1) is 0 Å². The Hall–Kier alpha value is -1.31. The molecule has 0 saturated carbocycles. The minimum Gasteiger partial charge on any atom is -0.347 e. The number of amides is 1. The van der Waals surface area contributed by atoms with Crippen molar-refractivity contribution in [3.05, 3.63) is 35.4 Å². The van der Waals surface area contributed by atoms with Crippen molar-refractivity contribution in [2.24, 2.45) is 0 Å². The second-order valence-electron chi connectivity index (χ2n) is 4.20. The maximum Gasteiger partial charge on any atom is 0.220 e. The Kier molecular flexibility index (Phi) is 2.06. The van der Waals surface area contributed by atoms with Crippen molar-refractivity contribution in [2.45, 2.75) is 32.2 Å². The molecule has 1 heterocycles. The molecule has 1 aromatic rings. The standard InChI is InChI=1S/C12H15NO/c1-9-5-3-4-6-10(9)12(2)8-7-11(14)13-12/h3-6H,7-8H2,1-2H3,(H,13,14). The van der Waals surface area contributed by atoms with Gasteiger partial charge in [0.05, 0.1) is 5.54 Å². The Bertz CT molecular complexity index is 372. The van der Waals surface area contributed by atoms with E-state index in [1.807, 2.05) is 12.1 Å². The zero-order valence-electron chi connectivity index (χ0n) is 8.63. The molecule has 0 bridgehead atoms. The third-order valence-electron chi connectivity index (χ3n) is 3.01. The summed E-state index contributed by atoms with van der Waals surface area (Å²) in [7, 11) is 0. The first-order valence-electron chi connectivity index (χ1n) is 4.99. The molecule has 1 amide bonds. The fourth-order valence-electron chi connectivity index (χ4n) is 2.19. The SMILES string of the molecule is Cc1ccccc1C1(C)CCC(=O)N1. The molecule has 1 N–H and O–H groups in total. The average molecular weight is 189 g/mol. The summed E-state index contributed by atoms with van der Waals surface area (Å²) in [6.45, 7) is 4.19. The Balaban J connectivity index is 2.40. The van der Waals surface area contributed by atoms with Crippen LogP contribution in [0.3, 0.4) is 0 Å². The zero-order valence-corrected chi connectivity index (χ0v) is 8.63. The van der Waals surface area contributed by atoms with Gasteiger partial charge >= 0.3 is 0 Å². The topological polar surface area (TPSA) is 29.1 Å². The third kappa shape index (κ3) is 1.41. The van der Waals surface area contributed by atoms with Gasteiger partial charge in [0.2, 0.25) is 5.91 Å². The van der Waals surface area contributed by atoms with Crippen LogP contribution in [-0.2, 0) is 10.3 Å². The van der Waals surface area contributed by atoms with Crippen molar-refractivity contribution >= 4 is 5.91 Å². The van der Waals surface area contributed by atoms with Gasteiger partial charge in [-0.05, 0) is 31.4 Å². The molecule has 1 aliphatic rings. The number of carbonyl (C=O) groups excluding carboxylic acids is 1. The van der Waals surface area contributed by atoms with Gasteiger partial charge < -0.3 is 5.32 Å². The van der Waals surface area contributed by atoms with Crippen LogP contribution in [-0.4, -0.2) is 5.91 Å². The fraction of sp³-hybridized carbons (Fsp3) is 0.417. The Morgan fingerprint density at radius 2 is 2.07 bits per heavy atom. The molecule has 1 aromatic carbocycles. The number of rotatable bonds is 1. The van der Waals surface area contributed by atoms with Gasteiger partial charge in [-0.2, -0.15) is 0 Å². The van der Waals surface area contributed by atoms with E-state index in [1.165, 1.54) is 11.1 Å². The molecule has 0 aromatic heterocycles. The molecular formula is C12H15NO. The molecule has 1 atom stereocenters. The highest BCUT2D eigenvalue weighted by molar-refractivity contribution is 5.79. The molecule has 1 saturated heterocycles. The van der Waals surface area contributed by atoms with E-state index >= 15 is 0 Å². The Morgan fingerprint density at radius 3 is 2.64 bits per heavy atom. The van der Waals surface area contributed by atoms with Crippen LogP contribution in [0.15, 0.2) is 24.3 Å². The predicted octanol–water partition coefficient (Wildman–Crippen LogP) is 2.12. The monoisotopic (exact) mass is 189 g/mol. The molecule has 1 unspecified atom stereocenters. The van der Waals surface area contributed by atoms with Crippen molar-refractivity contribution in [3.8, 4) is 0 Å². The summed E-state index contributed by atoms with van der Waals surface area (Å²) in [6.07, 6.45) is 1.54. The first-order chi connectivity index (χ1) is 6.62. The molecule has 1 fully saturated rings. The number of benzene rings is 1. The third-order valence-corrected chi connectivity index (χ3v) is 3.01. The van der Waals surface area contributed by atoms with E-state index in [4.69, 9.17) is 0 Å². The predicted molar refractivity (Wildman–Crippen MR) is 55.9 cm³/mol. The van der Waals surface area contributed by atoms with Gasteiger partial charge in [0, 0.05) is 6.42 Å². The highest BCUT2D eigenvalue weighted by Crippen LogP contribution is 2.32. The molecule has 2 heteroatoms. The quantitative estimate of drug-likeness (QED) is 0.720. The number of nitrogens with one attached hydrogen (secondary N) is 1. The van der Waals surface area contributed by atoms with Crippen LogP contribution in [0.5, 0.6) is 0 Å². The lowest BCUT2D eigenvalue weighted by molar-refractivity contribution is -0.119. The lowest BCUT2D eigenvalue weighted by Gasteiger charge is -2.26. The molecule has 0 aliphatic carbocycles. The van der Waals surface area contributed by atoms with Crippen molar-refractivity contribution in [3.63, 3.8) is 0 Å². The van der Waals surface area contributed by atoms with Gasteiger partial charge in [-0.3, -0.25) is 4.79 Å². The van der Waals surface area contributed by atoms with Gasteiger partial charge in [0.1, 0.15) is 0 Å². The lowest BCUT2D eigenvalue weighted by atomic mass is 9.87. The first kappa shape index (κ1) is 9.25. The normalized spacial score (nSPS) is 26.3.